The van der Waals surface area contributed by atoms with Crippen molar-refractivity contribution >= 4 is 0 Å². The minimum Gasteiger partial charge on any atom is -0.854 e. The summed E-state index contributed by atoms with van der Waals surface area (Å²) >= 11 is 0. The van der Waals surface area contributed by atoms with E-state index in [4.69, 9.17) is 61.3 Å². The third kappa shape index (κ3) is 51.7. The largest absolute Gasteiger partial charge is 2.00 e. The van der Waals surface area contributed by atoms with Gasteiger partial charge in [-0.05, 0) is 13.1 Å². The zero-order valence-electron chi connectivity index (χ0n) is 23.4. The van der Waals surface area contributed by atoms with Crippen LogP contribution in [-0.2, 0) is 34.1 Å². The molecule has 0 amide bonds. The molecule has 0 spiro atoms. The predicted octanol–water partition coefficient (Wildman–Crippen LogP) is -6.63. The molecule has 6 N–H and O–H groups in total. The van der Waals surface area contributed by atoms with Crippen LogP contribution in [0.2, 0.25) is 0 Å². The maximum Gasteiger partial charge on any atom is 2.00 e. The molecule has 0 aromatic carbocycles. The summed E-state index contributed by atoms with van der Waals surface area (Å²) in [6, 6.07) is 0. The minimum absolute atomic E-state index is 0. The number of nitrogens with zero attached hydrogens (tertiary/aromatic N) is 6. The molecule has 0 rings (SSSR count). The second-order valence-corrected chi connectivity index (χ2v) is 7.56. The monoisotopic (exact) mass is 720 g/mol. The first kappa shape index (κ1) is 53.5. The Balaban J connectivity index is -0.000000118. The molecule has 0 heterocycles. The summed E-state index contributed by atoms with van der Waals surface area (Å²) < 4.78 is 0. The van der Waals surface area contributed by atoms with Gasteiger partial charge in [-0.3, -0.25) is 9.80 Å². The molecule has 2 radical (unpaired) electrons. The molecule has 20 nitrogen and oxygen atoms in total. The molecule has 0 saturated heterocycles. The van der Waals surface area contributed by atoms with Gasteiger partial charge in [0, 0.05) is 65.4 Å². The van der Waals surface area contributed by atoms with E-state index >= 15 is 0 Å². The van der Waals surface area contributed by atoms with E-state index in [0.717, 1.165) is 0 Å². The average Bonchev–Trinajstić information content (AvgIpc) is 2.86. The molecule has 0 atom stereocenters. The summed E-state index contributed by atoms with van der Waals surface area (Å²) in [5, 5.41) is 103. The van der Waals surface area contributed by atoms with Gasteiger partial charge in [-0.1, -0.05) is 0 Å². The van der Waals surface area contributed by atoms with E-state index in [0.29, 0.717) is 78.5 Å². The Morgan fingerprint density at radius 1 is 0.381 bits per heavy atom. The molecule has 22 heteroatoms. The van der Waals surface area contributed by atoms with Crippen molar-refractivity contribution in [3.8, 4) is 0 Å². The number of hydrogen-bond acceptors (Lipinski definition) is 18. The SMILES string of the molecule is O=[N+]([O-])[O-].O=[N+]([O-])[O-].[Cu+2].[Cu+2].[O-]CCN(CCO)CCN(CCO)CCO.[O-]CCN(CCO)CCN(CCO)CCO. The van der Waals surface area contributed by atoms with Crippen molar-refractivity contribution in [2.75, 3.05) is 131 Å². The zero-order chi connectivity index (χ0) is 31.6. The van der Waals surface area contributed by atoms with Crippen LogP contribution in [0.1, 0.15) is 0 Å². The molecule has 0 fully saturated rings. The topological polar surface area (TPSA) is 313 Å². The number of hydrogen-bond donors (Lipinski definition) is 6. The van der Waals surface area contributed by atoms with E-state index in [1.807, 2.05) is 19.6 Å². The Morgan fingerprint density at radius 3 is 0.643 bits per heavy atom. The van der Waals surface area contributed by atoms with Crippen molar-refractivity contribution < 1.29 is 85.2 Å². The van der Waals surface area contributed by atoms with Crippen molar-refractivity contribution in [3.05, 3.63) is 30.6 Å². The van der Waals surface area contributed by atoms with E-state index < -0.39 is 10.2 Å². The first-order valence-corrected chi connectivity index (χ1v) is 12.4. The average molecular weight is 722 g/mol. The predicted molar refractivity (Wildman–Crippen MR) is 139 cm³/mol. The summed E-state index contributed by atoms with van der Waals surface area (Å²) in [6.07, 6.45) is 0. The summed E-state index contributed by atoms with van der Waals surface area (Å²) in [6.45, 7) is 6.56. The van der Waals surface area contributed by atoms with Crippen molar-refractivity contribution in [3.63, 3.8) is 0 Å². The van der Waals surface area contributed by atoms with Gasteiger partial charge in [0.15, 0.2) is 0 Å². The summed E-state index contributed by atoms with van der Waals surface area (Å²) in [5.74, 6) is 0. The molecule has 0 saturated carbocycles. The molecule has 0 aliphatic rings. The zero-order valence-corrected chi connectivity index (χ0v) is 25.3. The second-order valence-electron chi connectivity index (χ2n) is 7.56. The van der Waals surface area contributed by atoms with Gasteiger partial charge in [0.05, 0.1) is 49.8 Å². The van der Waals surface area contributed by atoms with Gasteiger partial charge in [-0.15, -0.1) is 13.2 Å². The van der Waals surface area contributed by atoms with Crippen molar-refractivity contribution in [1.82, 2.24) is 19.6 Å². The van der Waals surface area contributed by atoms with Crippen molar-refractivity contribution in [2.24, 2.45) is 0 Å². The molecule has 0 aromatic rings. The number of aliphatic hydroxyl groups is 6. The molecule has 262 valence electrons. The van der Waals surface area contributed by atoms with Crippen molar-refractivity contribution in [2.45, 2.75) is 0 Å². The molecule has 0 bridgehead atoms. The van der Waals surface area contributed by atoms with Crippen LogP contribution >= 0.6 is 0 Å². The minimum atomic E-state index is -1.75. The number of aliphatic hydroxyl groups excluding tert-OH is 6. The van der Waals surface area contributed by atoms with Gasteiger partial charge in [-0.2, -0.15) is 0 Å². The fourth-order valence-electron chi connectivity index (χ4n) is 3.01. The Hall–Kier alpha value is -1.04. The van der Waals surface area contributed by atoms with Gasteiger partial charge in [-0.25, -0.2) is 0 Å². The Morgan fingerprint density at radius 2 is 0.524 bits per heavy atom. The van der Waals surface area contributed by atoms with E-state index in [1.54, 1.807) is 0 Å². The van der Waals surface area contributed by atoms with Crippen LogP contribution < -0.4 is 10.2 Å². The molecular formula is C20H46Cu2N6O14. The fourth-order valence-corrected chi connectivity index (χ4v) is 3.01. The quantitative estimate of drug-likeness (QED) is 0.0344. The van der Waals surface area contributed by atoms with E-state index in [9.17, 15) is 10.2 Å². The fraction of sp³-hybridized carbons (Fsp3) is 1.00. The van der Waals surface area contributed by atoms with E-state index in [2.05, 4.69) is 0 Å². The van der Waals surface area contributed by atoms with E-state index in [-0.39, 0.29) is 87.0 Å². The van der Waals surface area contributed by atoms with Crippen LogP contribution in [0.15, 0.2) is 0 Å². The van der Waals surface area contributed by atoms with Crippen LogP contribution in [0.25, 0.3) is 0 Å². The molecule has 0 aromatic heterocycles. The van der Waals surface area contributed by atoms with Gasteiger partial charge < -0.3 is 81.3 Å². The summed E-state index contributed by atoms with van der Waals surface area (Å²) in [4.78, 5) is 24.1. The normalized spacial score (nSPS) is 10.0. The van der Waals surface area contributed by atoms with Crippen LogP contribution in [0.5, 0.6) is 0 Å². The second kappa shape index (κ2) is 44.4. The van der Waals surface area contributed by atoms with Crippen LogP contribution in [0.3, 0.4) is 0 Å². The smallest absolute Gasteiger partial charge is 0.854 e. The standard InChI is InChI=1S/2C10H23N2O4.2Cu.2NO3/c2*13-7-3-11(4-8-14)1-2-12(5-9-15)6-10-16;;;2*2-1(3)4/h2*13-15H,1-10H2;;;;/q2*-1;2*+2;2*-1. The molecule has 0 unspecified atom stereocenters. The molecule has 42 heavy (non-hydrogen) atoms. The first-order valence-electron chi connectivity index (χ1n) is 12.4. The maximum absolute atomic E-state index is 10.5. The van der Waals surface area contributed by atoms with E-state index in [1.165, 1.54) is 0 Å². The summed E-state index contributed by atoms with van der Waals surface area (Å²) in [7, 11) is 0. The van der Waals surface area contributed by atoms with Gasteiger partial charge in [0.1, 0.15) is 0 Å². The van der Waals surface area contributed by atoms with Gasteiger partial charge in [0.25, 0.3) is 0 Å². The summed E-state index contributed by atoms with van der Waals surface area (Å²) in [5.41, 5.74) is 0. The third-order valence-corrected chi connectivity index (χ3v) is 4.78. The van der Waals surface area contributed by atoms with Crippen LogP contribution in [0, 0.1) is 30.6 Å². The Labute approximate surface area is 266 Å². The Kier molecular flexibility index (Phi) is 56.6. The third-order valence-electron chi connectivity index (χ3n) is 4.78. The van der Waals surface area contributed by atoms with Gasteiger partial charge in [0.2, 0.25) is 0 Å². The molecule has 0 aliphatic carbocycles. The van der Waals surface area contributed by atoms with Crippen LogP contribution in [-0.4, -0.2) is 192 Å². The maximum atomic E-state index is 10.5. The number of rotatable bonds is 22. The first-order chi connectivity index (χ1) is 19.0. The molecule has 0 aliphatic heterocycles. The van der Waals surface area contributed by atoms with Crippen LogP contribution in [0.4, 0.5) is 0 Å². The van der Waals surface area contributed by atoms with Crippen molar-refractivity contribution in [1.29, 1.82) is 0 Å². The Bertz CT molecular complexity index is 434. The molecular weight excluding hydrogens is 675 g/mol. The van der Waals surface area contributed by atoms with Gasteiger partial charge >= 0.3 is 34.1 Å².